The van der Waals surface area contributed by atoms with E-state index in [1.54, 1.807) is 0 Å². The second-order valence-electron chi connectivity index (χ2n) is 15.2. The van der Waals surface area contributed by atoms with Crippen molar-refractivity contribution in [1.82, 2.24) is 24.1 Å². The Labute approximate surface area is 346 Å². The molecule has 0 radical (unpaired) electrons. The summed E-state index contributed by atoms with van der Waals surface area (Å²) < 4.78 is 4.88. The number of benzene rings is 9. The molecule has 0 aliphatic carbocycles. The first-order valence-corrected chi connectivity index (χ1v) is 20.3. The Morgan fingerprint density at radius 1 is 0.300 bits per heavy atom. The molecule has 0 aliphatic rings. The molecule has 5 heteroatoms. The lowest BCUT2D eigenvalue weighted by molar-refractivity contribution is 1.07. The molecule has 0 spiro atoms. The highest BCUT2D eigenvalue weighted by molar-refractivity contribution is 6.26. The van der Waals surface area contributed by atoms with Crippen LogP contribution in [0.1, 0.15) is 0 Å². The largest absolute Gasteiger partial charge is 0.309 e. The maximum atomic E-state index is 5.20. The SMILES string of the molecule is c1ccc(-c2cccc(-n3c4ccccc4c4ccc5c(c6ccccc6n5-c5cc(-c6nc(-c7ccccc7)nc(-c7ccccc7)n6)c6ccccc6c5)c43)c2)cc1. The Morgan fingerprint density at radius 3 is 1.55 bits per heavy atom. The van der Waals surface area contributed by atoms with Crippen molar-refractivity contribution >= 4 is 54.4 Å². The number of rotatable bonds is 6. The molecule has 12 aromatic rings. The summed E-state index contributed by atoms with van der Waals surface area (Å²) in [5.41, 5.74) is 12.0. The molecule has 280 valence electrons. The van der Waals surface area contributed by atoms with Crippen LogP contribution in [0.25, 0.3) is 111 Å². The van der Waals surface area contributed by atoms with E-state index >= 15 is 0 Å². The predicted octanol–water partition coefficient (Wildman–Crippen LogP) is 13.9. The molecular formula is C55H35N5. The van der Waals surface area contributed by atoms with E-state index in [1.165, 1.54) is 43.7 Å². The van der Waals surface area contributed by atoms with E-state index in [4.69, 9.17) is 15.0 Å². The molecule has 0 N–H and O–H groups in total. The minimum Gasteiger partial charge on any atom is -0.309 e. The summed E-state index contributed by atoms with van der Waals surface area (Å²) >= 11 is 0. The first-order chi connectivity index (χ1) is 29.8. The van der Waals surface area contributed by atoms with Crippen LogP contribution in [0.15, 0.2) is 212 Å². The lowest BCUT2D eigenvalue weighted by Crippen LogP contribution is -2.02. The first kappa shape index (κ1) is 33.9. The fourth-order valence-corrected chi connectivity index (χ4v) is 9.05. The molecule has 0 atom stereocenters. The van der Waals surface area contributed by atoms with E-state index in [-0.39, 0.29) is 0 Å². The van der Waals surface area contributed by atoms with Crippen LogP contribution < -0.4 is 0 Å². The molecule has 0 fully saturated rings. The highest BCUT2D eigenvalue weighted by Crippen LogP contribution is 2.43. The van der Waals surface area contributed by atoms with Crippen molar-refractivity contribution < 1.29 is 0 Å². The number of para-hydroxylation sites is 2. The van der Waals surface area contributed by atoms with E-state index in [9.17, 15) is 0 Å². The van der Waals surface area contributed by atoms with Gasteiger partial charge in [0.05, 0.1) is 22.1 Å². The molecule has 0 amide bonds. The highest BCUT2D eigenvalue weighted by Gasteiger charge is 2.22. The Kier molecular flexibility index (Phi) is 7.78. The molecule has 3 heterocycles. The van der Waals surface area contributed by atoms with Gasteiger partial charge >= 0.3 is 0 Å². The molecule has 9 aromatic carbocycles. The van der Waals surface area contributed by atoms with Gasteiger partial charge in [-0.15, -0.1) is 0 Å². The van der Waals surface area contributed by atoms with Gasteiger partial charge in [0.1, 0.15) is 0 Å². The van der Waals surface area contributed by atoms with Crippen LogP contribution in [0, 0.1) is 0 Å². The van der Waals surface area contributed by atoms with Gasteiger partial charge in [-0.25, -0.2) is 15.0 Å². The fourth-order valence-electron chi connectivity index (χ4n) is 9.05. The molecule has 0 aliphatic heterocycles. The third kappa shape index (κ3) is 5.44. The summed E-state index contributed by atoms with van der Waals surface area (Å²) in [5, 5.41) is 7.02. The molecule has 60 heavy (non-hydrogen) atoms. The van der Waals surface area contributed by atoms with E-state index in [2.05, 4.69) is 185 Å². The Bertz CT molecular complexity index is 3530. The molecular weight excluding hydrogens is 731 g/mol. The molecule has 3 aromatic heterocycles. The third-order valence-electron chi connectivity index (χ3n) is 11.7. The normalized spacial score (nSPS) is 11.7. The fraction of sp³-hybridized carbons (Fsp3) is 0. The van der Waals surface area contributed by atoms with E-state index in [0.717, 1.165) is 49.9 Å². The van der Waals surface area contributed by atoms with Gasteiger partial charge in [-0.3, -0.25) is 0 Å². The minimum absolute atomic E-state index is 0.627. The Balaban J connectivity index is 1.15. The summed E-state index contributed by atoms with van der Waals surface area (Å²) in [6.07, 6.45) is 0. The van der Waals surface area contributed by atoms with Gasteiger partial charge in [-0.1, -0.05) is 170 Å². The van der Waals surface area contributed by atoms with Gasteiger partial charge in [0, 0.05) is 49.6 Å². The third-order valence-corrected chi connectivity index (χ3v) is 11.7. The van der Waals surface area contributed by atoms with Gasteiger partial charge in [0.15, 0.2) is 17.5 Å². The summed E-state index contributed by atoms with van der Waals surface area (Å²) in [6, 6.07) is 75.2. The van der Waals surface area contributed by atoms with E-state index in [0.29, 0.717) is 17.5 Å². The standard InChI is InChI=1S/C55H35N5/c1-4-17-36(18-5-1)39-24-16-25-41(33-39)60-48-29-14-12-27-44(48)45-31-32-50-51(52(45)60)46-28-13-15-30-49(46)59(50)42-34-40-23-10-11-26-43(40)47(35-42)55-57-53(37-19-6-2-7-20-37)56-54(58-55)38-21-8-3-9-22-38/h1-35H. The van der Waals surface area contributed by atoms with Crippen LogP contribution in [0.4, 0.5) is 0 Å². The first-order valence-electron chi connectivity index (χ1n) is 20.3. The lowest BCUT2D eigenvalue weighted by atomic mass is 10.0. The zero-order valence-electron chi connectivity index (χ0n) is 32.4. The van der Waals surface area contributed by atoms with Crippen molar-refractivity contribution in [2.45, 2.75) is 0 Å². The number of hydrogen-bond acceptors (Lipinski definition) is 3. The van der Waals surface area contributed by atoms with Crippen molar-refractivity contribution in [2.24, 2.45) is 0 Å². The predicted molar refractivity (Wildman–Crippen MR) is 248 cm³/mol. The van der Waals surface area contributed by atoms with Crippen molar-refractivity contribution in [1.29, 1.82) is 0 Å². The van der Waals surface area contributed by atoms with Crippen molar-refractivity contribution in [3.8, 4) is 56.7 Å². The average molecular weight is 766 g/mol. The van der Waals surface area contributed by atoms with Gasteiger partial charge in [0.2, 0.25) is 0 Å². The summed E-state index contributed by atoms with van der Waals surface area (Å²) in [4.78, 5) is 15.4. The van der Waals surface area contributed by atoms with Gasteiger partial charge in [-0.2, -0.15) is 0 Å². The average Bonchev–Trinajstić information content (AvgIpc) is 3.85. The minimum atomic E-state index is 0.627. The maximum absolute atomic E-state index is 5.20. The van der Waals surface area contributed by atoms with Gasteiger partial charge in [-0.05, 0) is 64.4 Å². The quantitative estimate of drug-likeness (QED) is 0.169. The maximum Gasteiger partial charge on any atom is 0.164 e. The second-order valence-corrected chi connectivity index (χ2v) is 15.2. The van der Waals surface area contributed by atoms with Crippen LogP contribution in [-0.2, 0) is 0 Å². The number of nitrogens with zero attached hydrogens (tertiary/aromatic N) is 5. The molecule has 0 unspecified atom stereocenters. The number of hydrogen-bond donors (Lipinski definition) is 0. The molecule has 5 nitrogen and oxygen atoms in total. The zero-order valence-corrected chi connectivity index (χ0v) is 32.4. The smallest absolute Gasteiger partial charge is 0.164 e. The van der Waals surface area contributed by atoms with E-state index in [1.807, 2.05) is 36.4 Å². The topological polar surface area (TPSA) is 48.5 Å². The molecule has 0 bridgehead atoms. The van der Waals surface area contributed by atoms with Crippen LogP contribution >= 0.6 is 0 Å². The van der Waals surface area contributed by atoms with Gasteiger partial charge in [0.25, 0.3) is 0 Å². The van der Waals surface area contributed by atoms with Crippen LogP contribution in [-0.4, -0.2) is 24.1 Å². The van der Waals surface area contributed by atoms with Crippen molar-refractivity contribution in [3.05, 3.63) is 212 Å². The van der Waals surface area contributed by atoms with Crippen LogP contribution in [0.5, 0.6) is 0 Å². The van der Waals surface area contributed by atoms with Gasteiger partial charge < -0.3 is 9.13 Å². The monoisotopic (exact) mass is 765 g/mol. The zero-order chi connectivity index (χ0) is 39.6. The van der Waals surface area contributed by atoms with Crippen LogP contribution in [0.2, 0.25) is 0 Å². The number of aromatic nitrogens is 5. The summed E-state index contributed by atoms with van der Waals surface area (Å²) in [7, 11) is 0. The highest BCUT2D eigenvalue weighted by atomic mass is 15.0. The molecule has 0 saturated carbocycles. The molecule has 0 saturated heterocycles. The van der Waals surface area contributed by atoms with Crippen molar-refractivity contribution in [3.63, 3.8) is 0 Å². The molecule has 12 rings (SSSR count). The number of fused-ring (bicyclic) bond motifs is 8. The van der Waals surface area contributed by atoms with E-state index < -0.39 is 0 Å². The van der Waals surface area contributed by atoms with Crippen molar-refractivity contribution in [2.75, 3.05) is 0 Å². The second kappa shape index (κ2) is 13.8. The summed E-state index contributed by atoms with van der Waals surface area (Å²) in [6.45, 7) is 0. The lowest BCUT2D eigenvalue weighted by Gasteiger charge is -2.15. The Morgan fingerprint density at radius 2 is 0.850 bits per heavy atom. The Hall–Kier alpha value is -8.15. The van der Waals surface area contributed by atoms with Crippen LogP contribution in [0.3, 0.4) is 0 Å². The summed E-state index contributed by atoms with van der Waals surface area (Å²) in [5.74, 6) is 1.90.